The van der Waals surface area contributed by atoms with Gasteiger partial charge in [0.2, 0.25) is 0 Å². The fraction of sp³-hybridized carbons (Fsp3) is 0.348. The number of nitrogens with one attached hydrogen (secondary N) is 3. The molecule has 0 fully saturated rings. The molecule has 0 saturated heterocycles. The van der Waals surface area contributed by atoms with Crippen molar-refractivity contribution in [2.75, 3.05) is 18.4 Å². The Morgan fingerprint density at radius 3 is 3.06 bits per heavy atom. The summed E-state index contributed by atoms with van der Waals surface area (Å²) in [6, 6.07) is 2.97. The van der Waals surface area contributed by atoms with E-state index in [1.807, 2.05) is 0 Å². The summed E-state index contributed by atoms with van der Waals surface area (Å²) < 4.78 is 13.8. The maximum absolute atomic E-state index is 13.8. The predicted octanol–water partition coefficient (Wildman–Crippen LogP) is 3.85. The second-order valence-electron chi connectivity index (χ2n) is 8.05. The molecule has 3 N–H and O–H groups in total. The summed E-state index contributed by atoms with van der Waals surface area (Å²) in [5.74, 6) is 1.58. The van der Waals surface area contributed by atoms with Gasteiger partial charge in [0.1, 0.15) is 28.3 Å². The largest absolute Gasteiger partial charge is 0.362 e. The quantitative estimate of drug-likeness (QED) is 0.323. The van der Waals surface area contributed by atoms with Crippen LogP contribution in [0.15, 0.2) is 30.7 Å². The fourth-order valence-corrected chi connectivity index (χ4v) is 4.69. The smallest absolute Gasteiger partial charge is 0.157 e. The van der Waals surface area contributed by atoms with Crippen molar-refractivity contribution in [2.45, 2.75) is 38.6 Å². The first kappa shape index (κ1) is 21.6. The molecule has 1 atom stereocenters. The van der Waals surface area contributed by atoms with Gasteiger partial charge in [-0.2, -0.15) is 0 Å². The molecule has 0 saturated carbocycles. The number of imidazole rings is 1. The first-order valence-electron chi connectivity index (χ1n) is 11.1. The van der Waals surface area contributed by atoms with E-state index in [1.54, 1.807) is 23.6 Å². The third kappa shape index (κ3) is 4.91. The van der Waals surface area contributed by atoms with Crippen molar-refractivity contribution < 1.29 is 4.39 Å². The van der Waals surface area contributed by atoms with E-state index >= 15 is 0 Å². The Kier molecular flexibility index (Phi) is 6.36. The molecule has 4 aromatic heterocycles. The van der Waals surface area contributed by atoms with Crippen LogP contribution in [0.25, 0.3) is 16.4 Å². The number of rotatable bonds is 9. The van der Waals surface area contributed by atoms with E-state index in [0.29, 0.717) is 22.9 Å². The van der Waals surface area contributed by atoms with Gasteiger partial charge < -0.3 is 15.6 Å². The van der Waals surface area contributed by atoms with Crippen LogP contribution in [0.5, 0.6) is 0 Å². The second-order valence-corrected chi connectivity index (χ2v) is 9.11. The van der Waals surface area contributed by atoms with Crippen LogP contribution < -0.4 is 10.6 Å². The van der Waals surface area contributed by atoms with E-state index in [1.165, 1.54) is 18.1 Å². The fourth-order valence-electron chi connectivity index (χ4n) is 3.79. The van der Waals surface area contributed by atoms with Crippen molar-refractivity contribution in [2.24, 2.45) is 0 Å². The van der Waals surface area contributed by atoms with Gasteiger partial charge in [0, 0.05) is 37.3 Å². The van der Waals surface area contributed by atoms with Crippen molar-refractivity contribution in [3.63, 3.8) is 0 Å². The van der Waals surface area contributed by atoms with E-state index in [-0.39, 0.29) is 12.4 Å². The van der Waals surface area contributed by atoms with Gasteiger partial charge in [0.15, 0.2) is 5.82 Å². The van der Waals surface area contributed by atoms with Gasteiger partial charge >= 0.3 is 0 Å². The zero-order valence-electron chi connectivity index (χ0n) is 18.3. The number of thiazole rings is 1. The van der Waals surface area contributed by atoms with Crippen molar-refractivity contribution in [3.05, 3.63) is 64.5 Å². The predicted molar refractivity (Wildman–Crippen MR) is 128 cm³/mol. The third-order valence-corrected chi connectivity index (χ3v) is 6.62. The number of hydrogen-bond acceptors (Lipinski definition) is 8. The van der Waals surface area contributed by atoms with Crippen LogP contribution in [0.1, 0.15) is 47.2 Å². The molecule has 8 nitrogen and oxygen atoms in total. The number of nitrogens with zero attached hydrogens (tertiary/aromatic N) is 5. The number of pyridine rings is 1. The maximum Gasteiger partial charge on any atom is 0.157 e. The van der Waals surface area contributed by atoms with Gasteiger partial charge in [-0.05, 0) is 31.1 Å². The minimum absolute atomic E-state index is 0.233. The Hall–Kier alpha value is -3.24. The molecule has 0 spiro atoms. The number of aromatic amines is 1. The van der Waals surface area contributed by atoms with Crippen LogP contribution >= 0.6 is 11.3 Å². The maximum atomic E-state index is 13.8. The summed E-state index contributed by atoms with van der Waals surface area (Å²) in [5.41, 5.74) is 3.36. The zero-order valence-corrected chi connectivity index (χ0v) is 19.1. The molecular formula is C23H25FN8S. The van der Waals surface area contributed by atoms with E-state index in [4.69, 9.17) is 9.97 Å². The van der Waals surface area contributed by atoms with Crippen LogP contribution in [0.2, 0.25) is 0 Å². The summed E-state index contributed by atoms with van der Waals surface area (Å²) in [4.78, 5) is 26.4. The Bertz CT molecular complexity index is 1280. The Morgan fingerprint density at radius 2 is 2.18 bits per heavy atom. The van der Waals surface area contributed by atoms with Crippen molar-refractivity contribution in [1.29, 1.82) is 0 Å². The minimum atomic E-state index is -0.347. The lowest BCUT2D eigenvalue weighted by atomic mass is 10.1. The van der Waals surface area contributed by atoms with Gasteiger partial charge in [-0.3, -0.25) is 4.98 Å². The summed E-state index contributed by atoms with van der Waals surface area (Å²) in [6.45, 7) is 4.05. The van der Waals surface area contributed by atoms with E-state index in [0.717, 1.165) is 53.7 Å². The molecule has 1 aliphatic rings. The van der Waals surface area contributed by atoms with E-state index < -0.39 is 0 Å². The van der Waals surface area contributed by atoms with E-state index in [2.05, 4.69) is 49.6 Å². The zero-order chi connectivity index (χ0) is 22.6. The van der Waals surface area contributed by atoms with Gasteiger partial charge in [-0.15, -0.1) is 0 Å². The number of halogens is 1. The average molecular weight is 465 g/mol. The van der Waals surface area contributed by atoms with Crippen molar-refractivity contribution in [1.82, 2.24) is 35.2 Å². The number of aromatic nitrogens is 6. The lowest BCUT2D eigenvalue weighted by Crippen LogP contribution is -2.23. The normalized spacial score (nSPS) is 13.9. The summed E-state index contributed by atoms with van der Waals surface area (Å²) in [6.07, 6.45) is 10.2. The SMILES string of the molecule is C[C@H](CNCCc1nc2c(NCc3ncccc3F)ncnc2s1)c1nc2c([nH]1)CCC=C2. The molecule has 33 heavy (non-hydrogen) atoms. The Morgan fingerprint density at radius 1 is 1.24 bits per heavy atom. The number of allylic oxidation sites excluding steroid dienone is 1. The number of anilines is 1. The third-order valence-electron chi connectivity index (χ3n) is 5.60. The molecule has 0 aliphatic heterocycles. The number of aryl methyl sites for hydroxylation is 1. The summed E-state index contributed by atoms with van der Waals surface area (Å²) >= 11 is 1.55. The molecule has 170 valence electrons. The molecule has 0 radical (unpaired) electrons. The van der Waals surface area contributed by atoms with Crippen molar-refractivity contribution >= 4 is 33.6 Å². The monoisotopic (exact) mass is 464 g/mol. The van der Waals surface area contributed by atoms with Crippen LogP contribution in [0.3, 0.4) is 0 Å². The standard InChI is InChI=1S/C23H25FN8S/c1-14(21-30-16-6-2-3-7-17(16)31-21)11-25-10-8-19-32-20-22(28-13-29-23(20)33-19)27-12-18-15(24)5-4-9-26-18/h2,4-6,9,13-14,25H,3,7-8,10-12H2,1H3,(H,30,31)(H,27,28,29)/t14-/m1/s1. The number of hydrogen-bond donors (Lipinski definition) is 3. The highest BCUT2D eigenvalue weighted by Crippen LogP contribution is 2.25. The summed E-state index contributed by atoms with van der Waals surface area (Å²) in [7, 11) is 0. The Balaban J connectivity index is 1.16. The lowest BCUT2D eigenvalue weighted by Gasteiger charge is -2.09. The van der Waals surface area contributed by atoms with Crippen LogP contribution in [0, 0.1) is 5.82 Å². The van der Waals surface area contributed by atoms with Crippen LogP contribution in [-0.4, -0.2) is 43.0 Å². The number of H-pyrrole nitrogens is 1. The highest BCUT2D eigenvalue weighted by Gasteiger charge is 2.16. The molecule has 0 unspecified atom stereocenters. The molecule has 0 amide bonds. The molecule has 1 aliphatic carbocycles. The molecular weight excluding hydrogens is 439 g/mol. The molecule has 4 aromatic rings. The van der Waals surface area contributed by atoms with Crippen molar-refractivity contribution in [3.8, 4) is 0 Å². The molecule has 5 rings (SSSR count). The first-order valence-corrected chi connectivity index (χ1v) is 11.9. The molecule has 10 heteroatoms. The van der Waals surface area contributed by atoms with Crippen LogP contribution in [-0.2, 0) is 19.4 Å². The van der Waals surface area contributed by atoms with Gasteiger partial charge in [0.05, 0.1) is 22.9 Å². The molecule has 4 heterocycles. The van der Waals surface area contributed by atoms with E-state index in [9.17, 15) is 4.39 Å². The molecule has 0 aromatic carbocycles. The number of fused-ring (bicyclic) bond motifs is 2. The highest BCUT2D eigenvalue weighted by atomic mass is 32.1. The summed E-state index contributed by atoms with van der Waals surface area (Å²) in [5, 5.41) is 7.63. The van der Waals surface area contributed by atoms with Gasteiger partial charge in [-0.25, -0.2) is 24.3 Å². The lowest BCUT2D eigenvalue weighted by molar-refractivity contribution is 0.595. The topological polar surface area (TPSA) is 104 Å². The second kappa shape index (κ2) is 9.72. The van der Waals surface area contributed by atoms with Crippen LogP contribution in [0.4, 0.5) is 10.2 Å². The van der Waals surface area contributed by atoms with Gasteiger partial charge in [0.25, 0.3) is 0 Å². The Labute approximate surface area is 194 Å². The first-order chi connectivity index (χ1) is 16.2. The average Bonchev–Trinajstić information content (AvgIpc) is 3.45. The molecule has 0 bridgehead atoms. The van der Waals surface area contributed by atoms with Gasteiger partial charge in [-0.1, -0.05) is 24.3 Å². The minimum Gasteiger partial charge on any atom is -0.362 e. The highest BCUT2D eigenvalue weighted by molar-refractivity contribution is 7.18.